The Labute approximate surface area is 310 Å². The lowest BCUT2D eigenvalue weighted by Crippen LogP contribution is -2.32. The summed E-state index contributed by atoms with van der Waals surface area (Å²) >= 11 is 0. The van der Waals surface area contributed by atoms with E-state index in [1.54, 1.807) is 38.5 Å². The molecule has 0 spiro atoms. The number of methoxy groups -OCH3 is 4. The van der Waals surface area contributed by atoms with Crippen LogP contribution in [0.25, 0.3) is 23.0 Å². The molecule has 1 fully saturated rings. The van der Waals surface area contributed by atoms with E-state index in [2.05, 4.69) is 10.1 Å². The third kappa shape index (κ3) is 6.74. The molecule has 2 atom stereocenters. The van der Waals surface area contributed by atoms with E-state index in [4.69, 9.17) is 24.0 Å². The summed E-state index contributed by atoms with van der Waals surface area (Å²) in [6.45, 7) is 4.08. The van der Waals surface area contributed by atoms with Gasteiger partial charge in [0.25, 0.3) is 5.91 Å². The van der Waals surface area contributed by atoms with Crippen LogP contribution in [-0.4, -0.2) is 59.7 Å². The smallest absolute Gasteiger partial charge is 0.433 e. The van der Waals surface area contributed by atoms with Crippen molar-refractivity contribution in [2.45, 2.75) is 51.2 Å². The highest BCUT2D eigenvalue weighted by Crippen LogP contribution is 2.47. The first-order valence-corrected chi connectivity index (χ1v) is 17.6. The maximum atomic E-state index is 14.6. The number of hydrogen-bond acceptors (Lipinski definition) is 8. The van der Waals surface area contributed by atoms with Crippen molar-refractivity contribution in [2.24, 2.45) is 11.0 Å². The highest BCUT2D eigenvalue weighted by Gasteiger charge is 2.45. The summed E-state index contributed by atoms with van der Waals surface area (Å²) in [5.74, 6) is 1.50. The number of allylic oxidation sites excluding steroid dienone is 1. The number of aromatic nitrogens is 3. The quantitative estimate of drug-likeness (QED) is 0.149. The van der Waals surface area contributed by atoms with Crippen LogP contribution in [0.4, 0.5) is 13.2 Å². The Balaban J connectivity index is 1.34. The van der Waals surface area contributed by atoms with Crippen LogP contribution in [-0.2, 0) is 6.18 Å². The number of alkyl halides is 3. The fraction of sp³-hybridized carbons (Fsp3) is 0.317. The molecule has 3 aromatic carbocycles. The minimum absolute atomic E-state index is 0.114. The molecule has 0 radical (unpaired) electrons. The second kappa shape index (κ2) is 14.5. The van der Waals surface area contributed by atoms with Gasteiger partial charge < -0.3 is 18.9 Å². The third-order valence-corrected chi connectivity index (χ3v) is 10.0. The number of benzene rings is 3. The van der Waals surface area contributed by atoms with Gasteiger partial charge in [-0.2, -0.15) is 23.4 Å². The fourth-order valence-electron chi connectivity index (χ4n) is 7.27. The molecule has 5 aromatic rings. The van der Waals surface area contributed by atoms with Crippen LogP contribution in [0.15, 0.2) is 83.5 Å². The average molecular weight is 740 g/mol. The Bertz CT molecular complexity index is 2280. The molecule has 13 heteroatoms. The highest BCUT2D eigenvalue weighted by atomic mass is 19.4. The maximum absolute atomic E-state index is 14.6. The fourth-order valence-corrected chi connectivity index (χ4v) is 7.27. The molecule has 0 N–H and O–H groups in total. The van der Waals surface area contributed by atoms with Crippen molar-refractivity contribution in [2.75, 3.05) is 28.4 Å². The molecule has 0 unspecified atom stereocenters. The van der Waals surface area contributed by atoms with Crippen molar-refractivity contribution < 1.29 is 36.9 Å². The number of rotatable bonds is 9. The van der Waals surface area contributed by atoms with Crippen molar-refractivity contribution in [3.63, 3.8) is 0 Å². The Morgan fingerprint density at radius 2 is 1.52 bits per heavy atom. The van der Waals surface area contributed by atoms with Gasteiger partial charge in [-0.05, 0) is 83.9 Å². The number of hydrazone groups is 1. The number of fused-ring (bicyclic) bond motifs is 2. The zero-order chi connectivity index (χ0) is 38.3. The largest absolute Gasteiger partial charge is 0.493 e. The van der Waals surface area contributed by atoms with Crippen LogP contribution in [0.1, 0.15) is 77.9 Å². The van der Waals surface area contributed by atoms with Crippen molar-refractivity contribution in [1.82, 2.24) is 19.6 Å². The Morgan fingerprint density at radius 1 is 0.852 bits per heavy atom. The molecule has 0 bridgehead atoms. The van der Waals surface area contributed by atoms with Crippen LogP contribution in [0.3, 0.4) is 0 Å². The third-order valence-electron chi connectivity index (χ3n) is 10.0. The minimum Gasteiger partial charge on any atom is -0.493 e. The molecule has 54 heavy (non-hydrogen) atoms. The van der Waals surface area contributed by atoms with Crippen molar-refractivity contribution in [3.8, 4) is 34.3 Å². The van der Waals surface area contributed by atoms with Gasteiger partial charge in [-0.3, -0.25) is 4.79 Å². The molecule has 7 rings (SSSR count). The average Bonchev–Trinajstić information content (AvgIpc) is 3.79. The predicted molar refractivity (Wildman–Crippen MR) is 198 cm³/mol. The van der Waals surface area contributed by atoms with E-state index in [1.807, 2.05) is 56.3 Å². The van der Waals surface area contributed by atoms with Gasteiger partial charge in [-0.1, -0.05) is 50.2 Å². The van der Waals surface area contributed by atoms with Gasteiger partial charge in [0, 0.05) is 17.5 Å². The normalized spacial score (nSPS) is 17.9. The number of halogens is 3. The highest BCUT2D eigenvalue weighted by molar-refractivity contribution is 6.09. The molecular weight excluding hydrogens is 699 g/mol. The van der Waals surface area contributed by atoms with Crippen molar-refractivity contribution >= 4 is 23.3 Å². The van der Waals surface area contributed by atoms with E-state index < -0.39 is 23.8 Å². The van der Waals surface area contributed by atoms with E-state index in [0.29, 0.717) is 45.2 Å². The van der Waals surface area contributed by atoms with Gasteiger partial charge >= 0.3 is 6.18 Å². The van der Waals surface area contributed by atoms with Gasteiger partial charge in [-0.15, -0.1) is 0 Å². The lowest BCUT2D eigenvalue weighted by atomic mass is 9.77. The van der Waals surface area contributed by atoms with E-state index in [1.165, 1.54) is 25.3 Å². The SMILES string of the molecule is COc1ccc(/C=C2\CCC[C@H]3C2=NN(C(=O)c2cc4nc(-c5ccc(C(C)C)cc5)cc(C(F)(F)F)n4n2)[C@@H]3c2ccc(OC)c(OC)c2)cc1OC. The first kappa shape index (κ1) is 36.5. The Hall–Kier alpha value is -5.85. The minimum atomic E-state index is -4.78. The zero-order valence-electron chi connectivity index (χ0n) is 30.8. The van der Waals surface area contributed by atoms with Crippen molar-refractivity contribution in [1.29, 1.82) is 0 Å². The van der Waals surface area contributed by atoms with E-state index in [0.717, 1.165) is 41.2 Å². The van der Waals surface area contributed by atoms with E-state index in [-0.39, 0.29) is 28.9 Å². The number of amides is 1. The molecule has 1 aliphatic carbocycles. The molecule has 1 saturated carbocycles. The molecule has 2 aromatic heterocycles. The molecule has 0 saturated heterocycles. The van der Waals surface area contributed by atoms with Gasteiger partial charge in [0.15, 0.2) is 40.0 Å². The van der Waals surface area contributed by atoms with Crippen LogP contribution in [0, 0.1) is 5.92 Å². The summed E-state index contributed by atoms with van der Waals surface area (Å²) in [7, 11) is 6.21. The molecule has 3 heterocycles. The molecule has 1 amide bonds. The lowest BCUT2D eigenvalue weighted by molar-refractivity contribution is -0.142. The summed E-state index contributed by atoms with van der Waals surface area (Å²) in [6.07, 6.45) is -0.517. The molecule has 2 aliphatic rings. The number of hydrogen-bond donors (Lipinski definition) is 0. The maximum Gasteiger partial charge on any atom is 0.433 e. The second-order valence-corrected chi connectivity index (χ2v) is 13.6. The Kier molecular flexibility index (Phi) is 9.82. The van der Waals surface area contributed by atoms with E-state index in [9.17, 15) is 18.0 Å². The number of carbonyl (C=O) groups is 1. The summed E-state index contributed by atoms with van der Waals surface area (Å²) < 4.78 is 66.4. The standard InChI is InChI=1S/C41H40F3N5O5/c1-23(2)25-11-13-26(14-12-25)30-21-36(41(42,43)44)48-37(45-30)22-31(46-48)40(50)49-39(28-15-17-33(52-4)35(20-28)54-6)29-9-7-8-27(38(29)47-49)18-24-10-16-32(51-3)34(19-24)53-5/h10-23,29,39H,7-9H2,1-6H3/b27-18+/t29-,39+/m0/s1. The summed E-state index contributed by atoms with van der Waals surface area (Å²) in [4.78, 5) is 19.1. The zero-order valence-corrected chi connectivity index (χ0v) is 30.8. The number of carbonyl (C=O) groups excluding carboxylic acids is 1. The van der Waals surface area contributed by atoms with Crippen LogP contribution in [0.2, 0.25) is 0 Å². The lowest BCUT2D eigenvalue weighted by Gasteiger charge is -2.29. The summed E-state index contributed by atoms with van der Waals surface area (Å²) in [6, 6.07) is 19.9. The van der Waals surface area contributed by atoms with Gasteiger partial charge in [0.2, 0.25) is 0 Å². The van der Waals surface area contributed by atoms with Crippen LogP contribution < -0.4 is 18.9 Å². The molecule has 1 aliphatic heterocycles. The number of nitrogens with zero attached hydrogens (tertiary/aromatic N) is 5. The second-order valence-electron chi connectivity index (χ2n) is 13.6. The van der Waals surface area contributed by atoms with Gasteiger partial charge in [-0.25, -0.2) is 14.5 Å². The first-order valence-electron chi connectivity index (χ1n) is 17.6. The van der Waals surface area contributed by atoms with Crippen LogP contribution >= 0.6 is 0 Å². The molecule has 280 valence electrons. The first-order chi connectivity index (χ1) is 25.9. The molecular formula is C41H40F3N5O5. The summed E-state index contributed by atoms with van der Waals surface area (Å²) in [5.41, 5.74) is 3.53. The Morgan fingerprint density at radius 3 is 2.17 bits per heavy atom. The van der Waals surface area contributed by atoms with Gasteiger partial charge in [0.1, 0.15) is 0 Å². The monoisotopic (exact) mass is 739 g/mol. The van der Waals surface area contributed by atoms with Gasteiger partial charge in [0.05, 0.1) is 45.9 Å². The number of ether oxygens (including phenoxy) is 4. The van der Waals surface area contributed by atoms with E-state index >= 15 is 0 Å². The predicted octanol–water partition coefficient (Wildman–Crippen LogP) is 9.01. The molecule has 10 nitrogen and oxygen atoms in total. The summed E-state index contributed by atoms with van der Waals surface area (Å²) in [5, 5.41) is 10.5. The van der Waals surface area contributed by atoms with Crippen molar-refractivity contribution in [3.05, 3.63) is 106 Å². The topological polar surface area (TPSA) is 99.8 Å². The van der Waals surface area contributed by atoms with Crippen LogP contribution in [0.5, 0.6) is 23.0 Å².